The Bertz CT molecular complexity index is 362. The highest BCUT2D eigenvalue weighted by Crippen LogP contribution is 2.46. The number of likely N-dealkylation sites (tertiary alicyclic amines) is 1. The average Bonchev–Trinajstić information content (AvgIpc) is 2.91. The molecule has 0 spiro atoms. The summed E-state index contributed by atoms with van der Waals surface area (Å²) in [5.74, 6) is 0.813. The molecule has 0 aromatic heterocycles. The van der Waals surface area contributed by atoms with Gasteiger partial charge in [0.1, 0.15) is 0 Å². The summed E-state index contributed by atoms with van der Waals surface area (Å²) >= 11 is 0. The lowest BCUT2D eigenvalue weighted by Crippen LogP contribution is -2.39. The van der Waals surface area contributed by atoms with Gasteiger partial charge >= 0.3 is 0 Å². The molecule has 2 N–H and O–H groups in total. The summed E-state index contributed by atoms with van der Waals surface area (Å²) in [7, 11) is 0. The van der Waals surface area contributed by atoms with E-state index in [1.165, 1.54) is 31.4 Å². The Morgan fingerprint density at radius 3 is 2.94 bits per heavy atom. The first kappa shape index (κ1) is 10.3. The van der Waals surface area contributed by atoms with Crippen molar-refractivity contribution in [2.24, 2.45) is 11.7 Å². The summed E-state index contributed by atoms with van der Waals surface area (Å²) in [6.45, 7) is 3.36. The SMILES string of the molecule is NC12CC1CCCN(Cc1ccccc1)C2. The van der Waals surface area contributed by atoms with Gasteiger partial charge < -0.3 is 5.73 Å². The van der Waals surface area contributed by atoms with Crippen molar-refractivity contribution in [2.75, 3.05) is 13.1 Å². The first-order chi connectivity index (χ1) is 7.76. The highest BCUT2D eigenvalue weighted by atomic mass is 15.2. The average molecular weight is 216 g/mol. The van der Waals surface area contributed by atoms with Gasteiger partial charge in [0.25, 0.3) is 0 Å². The van der Waals surface area contributed by atoms with Crippen molar-refractivity contribution in [1.29, 1.82) is 0 Å². The Balaban J connectivity index is 1.66. The second-order valence-electron chi connectivity index (χ2n) is 5.47. The smallest absolute Gasteiger partial charge is 0.0316 e. The third kappa shape index (κ3) is 2.00. The molecule has 86 valence electrons. The third-order valence-electron chi connectivity index (χ3n) is 4.07. The molecule has 0 radical (unpaired) electrons. The molecule has 3 rings (SSSR count). The van der Waals surface area contributed by atoms with Gasteiger partial charge in [0.2, 0.25) is 0 Å². The van der Waals surface area contributed by atoms with E-state index in [-0.39, 0.29) is 5.54 Å². The second kappa shape index (κ2) is 3.86. The van der Waals surface area contributed by atoms with Crippen LogP contribution in [0.2, 0.25) is 0 Å². The zero-order valence-electron chi connectivity index (χ0n) is 9.73. The third-order valence-corrected chi connectivity index (χ3v) is 4.07. The van der Waals surface area contributed by atoms with Crippen LogP contribution in [-0.2, 0) is 6.54 Å². The molecule has 0 amide bonds. The molecule has 1 aliphatic carbocycles. The van der Waals surface area contributed by atoms with E-state index in [0.29, 0.717) is 0 Å². The molecule has 16 heavy (non-hydrogen) atoms. The Labute approximate surface area is 97.4 Å². The first-order valence-electron chi connectivity index (χ1n) is 6.31. The van der Waals surface area contributed by atoms with Crippen LogP contribution in [0.15, 0.2) is 30.3 Å². The van der Waals surface area contributed by atoms with Gasteiger partial charge in [-0.15, -0.1) is 0 Å². The van der Waals surface area contributed by atoms with Crippen LogP contribution in [0.3, 0.4) is 0 Å². The van der Waals surface area contributed by atoms with Crippen molar-refractivity contribution < 1.29 is 0 Å². The van der Waals surface area contributed by atoms with Crippen LogP contribution in [0.1, 0.15) is 24.8 Å². The fraction of sp³-hybridized carbons (Fsp3) is 0.571. The Morgan fingerprint density at radius 1 is 1.31 bits per heavy atom. The van der Waals surface area contributed by atoms with E-state index in [4.69, 9.17) is 5.73 Å². The van der Waals surface area contributed by atoms with Gasteiger partial charge in [-0.25, -0.2) is 0 Å². The van der Waals surface area contributed by atoms with Crippen molar-refractivity contribution in [3.05, 3.63) is 35.9 Å². The van der Waals surface area contributed by atoms with Crippen molar-refractivity contribution in [1.82, 2.24) is 4.90 Å². The number of rotatable bonds is 2. The molecule has 1 heterocycles. The van der Waals surface area contributed by atoms with E-state index in [0.717, 1.165) is 19.0 Å². The van der Waals surface area contributed by atoms with Gasteiger partial charge in [-0.3, -0.25) is 4.90 Å². The summed E-state index contributed by atoms with van der Waals surface area (Å²) in [6.07, 6.45) is 3.90. The maximum atomic E-state index is 6.35. The fourth-order valence-electron chi connectivity index (χ4n) is 3.02. The number of hydrogen-bond acceptors (Lipinski definition) is 2. The van der Waals surface area contributed by atoms with Gasteiger partial charge in [0, 0.05) is 18.6 Å². The van der Waals surface area contributed by atoms with E-state index >= 15 is 0 Å². The van der Waals surface area contributed by atoms with E-state index in [2.05, 4.69) is 35.2 Å². The Hall–Kier alpha value is -0.860. The molecular weight excluding hydrogens is 196 g/mol. The first-order valence-corrected chi connectivity index (χ1v) is 6.31. The standard InChI is InChI=1S/C14H20N2/c15-14-9-13(14)7-4-8-16(11-14)10-12-5-2-1-3-6-12/h1-3,5-6,13H,4,7-11,15H2. The quantitative estimate of drug-likeness (QED) is 0.819. The Kier molecular flexibility index (Phi) is 2.49. The number of hydrogen-bond donors (Lipinski definition) is 1. The minimum absolute atomic E-state index is 0.158. The van der Waals surface area contributed by atoms with Crippen LogP contribution in [-0.4, -0.2) is 23.5 Å². The molecule has 2 nitrogen and oxygen atoms in total. The molecule has 1 aromatic rings. The lowest BCUT2D eigenvalue weighted by atomic mass is 10.1. The Morgan fingerprint density at radius 2 is 2.12 bits per heavy atom. The van der Waals surface area contributed by atoms with Gasteiger partial charge in [0.05, 0.1) is 0 Å². The molecule has 2 unspecified atom stereocenters. The molecule has 2 fully saturated rings. The minimum atomic E-state index is 0.158. The van der Waals surface area contributed by atoms with Crippen LogP contribution in [0.4, 0.5) is 0 Å². The normalized spacial score (nSPS) is 34.2. The van der Waals surface area contributed by atoms with Gasteiger partial charge in [-0.1, -0.05) is 30.3 Å². The van der Waals surface area contributed by atoms with Crippen LogP contribution in [0.5, 0.6) is 0 Å². The summed E-state index contributed by atoms with van der Waals surface area (Å²) < 4.78 is 0. The summed E-state index contributed by atoms with van der Waals surface area (Å²) in [4.78, 5) is 2.53. The molecule has 2 aliphatic rings. The topological polar surface area (TPSA) is 29.3 Å². The fourth-order valence-corrected chi connectivity index (χ4v) is 3.02. The zero-order chi connectivity index (χ0) is 11.0. The van der Waals surface area contributed by atoms with Crippen LogP contribution >= 0.6 is 0 Å². The predicted octanol–water partition coefficient (Wildman–Crippen LogP) is 2.00. The highest BCUT2D eigenvalue weighted by Gasteiger charge is 2.52. The maximum Gasteiger partial charge on any atom is 0.0316 e. The van der Waals surface area contributed by atoms with Gasteiger partial charge in [-0.2, -0.15) is 0 Å². The molecule has 1 aliphatic heterocycles. The van der Waals surface area contributed by atoms with E-state index in [1.54, 1.807) is 0 Å². The molecule has 1 saturated carbocycles. The second-order valence-corrected chi connectivity index (χ2v) is 5.47. The number of fused-ring (bicyclic) bond motifs is 1. The highest BCUT2D eigenvalue weighted by molar-refractivity contribution is 5.16. The molecule has 1 aromatic carbocycles. The molecule has 2 atom stereocenters. The van der Waals surface area contributed by atoms with Gasteiger partial charge in [0.15, 0.2) is 0 Å². The number of nitrogens with zero attached hydrogens (tertiary/aromatic N) is 1. The van der Waals surface area contributed by atoms with E-state index in [1.807, 2.05) is 0 Å². The molecular formula is C14H20N2. The molecule has 2 heteroatoms. The van der Waals surface area contributed by atoms with Crippen LogP contribution in [0.25, 0.3) is 0 Å². The van der Waals surface area contributed by atoms with Gasteiger partial charge in [-0.05, 0) is 37.3 Å². The number of benzene rings is 1. The van der Waals surface area contributed by atoms with Crippen molar-refractivity contribution in [3.8, 4) is 0 Å². The van der Waals surface area contributed by atoms with Crippen molar-refractivity contribution in [2.45, 2.75) is 31.3 Å². The van der Waals surface area contributed by atoms with Crippen LogP contribution in [0, 0.1) is 5.92 Å². The van der Waals surface area contributed by atoms with Crippen molar-refractivity contribution in [3.63, 3.8) is 0 Å². The van der Waals surface area contributed by atoms with Crippen LogP contribution < -0.4 is 5.73 Å². The number of nitrogens with two attached hydrogens (primary N) is 1. The minimum Gasteiger partial charge on any atom is -0.324 e. The summed E-state index contributed by atoms with van der Waals surface area (Å²) in [5.41, 5.74) is 7.92. The van der Waals surface area contributed by atoms with E-state index < -0.39 is 0 Å². The predicted molar refractivity (Wildman–Crippen MR) is 66.0 cm³/mol. The maximum absolute atomic E-state index is 6.35. The largest absolute Gasteiger partial charge is 0.324 e. The van der Waals surface area contributed by atoms with Crippen molar-refractivity contribution >= 4 is 0 Å². The lowest BCUT2D eigenvalue weighted by molar-refractivity contribution is 0.251. The van der Waals surface area contributed by atoms with E-state index in [9.17, 15) is 0 Å². The molecule has 1 saturated heterocycles. The summed E-state index contributed by atoms with van der Waals surface area (Å²) in [6, 6.07) is 10.7. The lowest BCUT2D eigenvalue weighted by Gasteiger charge is -2.23. The summed E-state index contributed by atoms with van der Waals surface area (Å²) in [5, 5.41) is 0. The molecule has 0 bridgehead atoms. The zero-order valence-corrected chi connectivity index (χ0v) is 9.73. The monoisotopic (exact) mass is 216 g/mol.